The van der Waals surface area contributed by atoms with Gasteiger partial charge in [-0.15, -0.1) is 23.7 Å². The number of carbonyl (C=O) groups excluding carboxylic acids is 1. The van der Waals surface area contributed by atoms with Gasteiger partial charge in [-0.2, -0.15) is 0 Å². The largest absolute Gasteiger partial charge is 0.383 e. The van der Waals surface area contributed by atoms with Crippen molar-refractivity contribution in [2.75, 3.05) is 33.4 Å². The van der Waals surface area contributed by atoms with Gasteiger partial charge in [0, 0.05) is 26.7 Å². The Morgan fingerprint density at radius 3 is 2.82 bits per heavy atom. The molecule has 0 aliphatic heterocycles. The molecule has 7 heteroatoms. The van der Waals surface area contributed by atoms with Crippen molar-refractivity contribution in [2.45, 2.75) is 6.92 Å². The lowest BCUT2D eigenvalue weighted by Crippen LogP contribution is -2.32. The molecule has 98 valence electrons. The fourth-order valence-corrected chi connectivity index (χ4v) is 1.81. The van der Waals surface area contributed by atoms with Gasteiger partial charge in [-0.3, -0.25) is 4.79 Å². The molecule has 1 heterocycles. The molecule has 0 aromatic carbocycles. The van der Waals surface area contributed by atoms with Crippen molar-refractivity contribution in [1.29, 1.82) is 0 Å². The van der Waals surface area contributed by atoms with Gasteiger partial charge in [0.15, 0.2) is 0 Å². The van der Waals surface area contributed by atoms with Crippen LogP contribution in [0.3, 0.4) is 0 Å². The van der Waals surface area contributed by atoms with Crippen LogP contribution >= 0.6 is 23.7 Å². The zero-order valence-corrected chi connectivity index (χ0v) is 11.6. The number of nitrogens with one attached hydrogen (secondary N) is 2. The highest BCUT2D eigenvalue weighted by atomic mass is 35.5. The summed E-state index contributed by atoms with van der Waals surface area (Å²) in [5.74, 6) is -0.0564. The van der Waals surface area contributed by atoms with E-state index in [4.69, 9.17) is 4.74 Å². The smallest absolute Gasteiger partial charge is 0.263 e. The summed E-state index contributed by atoms with van der Waals surface area (Å²) in [5, 5.41) is 6.87. The number of aromatic nitrogens is 1. The molecule has 0 unspecified atom stereocenters. The molecule has 2 N–H and O–H groups in total. The van der Waals surface area contributed by atoms with Crippen LogP contribution in [0.2, 0.25) is 0 Å². The molecule has 0 fully saturated rings. The number of carbonyl (C=O) groups is 1. The van der Waals surface area contributed by atoms with Gasteiger partial charge in [0.1, 0.15) is 4.88 Å². The molecule has 0 aliphatic carbocycles. The number of thiazole rings is 1. The summed E-state index contributed by atoms with van der Waals surface area (Å²) in [6.45, 7) is 4.72. The molecule has 1 rings (SSSR count). The lowest BCUT2D eigenvalue weighted by atomic mass is 10.5. The Bertz CT molecular complexity index is 333. The molecule has 1 aromatic heterocycles. The Labute approximate surface area is 111 Å². The normalized spacial score (nSPS) is 9.76. The van der Waals surface area contributed by atoms with Gasteiger partial charge in [0.2, 0.25) is 0 Å². The van der Waals surface area contributed by atoms with Crippen LogP contribution in [0, 0.1) is 6.92 Å². The summed E-state index contributed by atoms with van der Waals surface area (Å²) < 4.78 is 4.89. The van der Waals surface area contributed by atoms with E-state index >= 15 is 0 Å². The van der Waals surface area contributed by atoms with Crippen LogP contribution in [0.1, 0.15) is 14.7 Å². The first-order chi connectivity index (χ1) is 7.74. The van der Waals surface area contributed by atoms with Gasteiger partial charge in [-0.1, -0.05) is 0 Å². The Morgan fingerprint density at radius 2 is 2.24 bits per heavy atom. The molecular formula is C10H18ClN3O2S. The van der Waals surface area contributed by atoms with E-state index < -0.39 is 0 Å². The Hall–Kier alpha value is -0.690. The summed E-state index contributed by atoms with van der Waals surface area (Å²) in [5.41, 5.74) is 0. The molecule has 17 heavy (non-hydrogen) atoms. The molecule has 1 aromatic rings. The summed E-state index contributed by atoms with van der Waals surface area (Å²) >= 11 is 1.40. The minimum absolute atomic E-state index is 0. The zero-order chi connectivity index (χ0) is 11.8. The van der Waals surface area contributed by atoms with Gasteiger partial charge in [0.25, 0.3) is 5.91 Å². The van der Waals surface area contributed by atoms with E-state index in [1.165, 1.54) is 11.3 Å². The highest BCUT2D eigenvalue weighted by Gasteiger charge is 2.07. The number of hydrogen-bond donors (Lipinski definition) is 2. The third-order valence-corrected chi connectivity index (χ3v) is 2.83. The molecule has 5 nitrogen and oxygen atoms in total. The minimum Gasteiger partial charge on any atom is -0.383 e. The lowest BCUT2D eigenvalue weighted by Gasteiger charge is -2.04. The number of ether oxygens (including phenoxy) is 1. The fourth-order valence-electron chi connectivity index (χ4n) is 1.12. The van der Waals surface area contributed by atoms with Crippen molar-refractivity contribution in [3.05, 3.63) is 16.1 Å². The topological polar surface area (TPSA) is 63.2 Å². The maximum Gasteiger partial charge on any atom is 0.263 e. The molecule has 0 atom stereocenters. The summed E-state index contributed by atoms with van der Waals surface area (Å²) in [6, 6.07) is 0. The van der Waals surface area contributed by atoms with Crippen molar-refractivity contribution >= 4 is 29.7 Å². The first-order valence-electron chi connectivity index (χ1n) is 5.14. The van der Waals surface area contributed by atoms with Crippen LogP contribution < -0.4 is 10.6 Å². The summed E-state index contributed by atoms with van der Waals surface area (Å²) in [7, 11) is 1.66. The number of halogens is 1. The van der Waals surface area contributed by atoms with Crippen molar-refractivity contribution in [3.63, 3.8) is 0 Å². The Balaban J connectivity index is 0.00000256. The fraction of sp³-hybridized carbons (Fsp3) is 0.600. The van der Waals surface area contributed by atoms with Gasteiger partial charge in [0.05, 0.1) is 17.8 Å². The number of nitrogens with zero attached hydrogens (tertiary/aromatic N) is 1. The van der Waals surface area contributed by atoms with E-state index in [9.17, 15) is 4.79 Å². The minimum atomic E-state index is -0.0564. The van der Waals surface area contributed by atoms with Crippen LogP contribution in [0.15, 0.2) is 6.20 Å². The number of amides is 1. The highest BCUT2D eigenvalue weighted by Crippen LogP contribution is 2.10. The van der Waals surface area contributed by atoms with Crippen molar-refractivity contribution in [1.82, 2.24) is 15.6 Å². The maximum absolute atomic E-state index is 11.6. The number of methoxy groups -OCH3 is 1. The summed E-state index contributed by atoms with van der Waals surface area (Å²) in [6.07, 6.45) is 1.60. The molecule has 0 radical (unpaired) electrons. The van der Waals surface area contributed by atoms with E-state index in [1.807, 2.05) is 6.92 Å². The van der Waals surface area contributed by atoms with E-state index in [1.54, 1.807) is 13.3 Å². The van der Waals surface area contributed by atoms with Gasteiger partial charge >= 0.3 is 0 Å². The number of hydrogen-bond acceptors (Lipinski definition) is 5. The van der Waals surface area contributed by atoms with Gasteiger partial charge < -0.3 is 15.4 Å². The van der Waals surface area contributed by atoms with E-state index in [2.05, 4.69) is 15.6 Å². The van der Waals surface area contributed by atoms with Crippen LogP contribution in [0.5, 0.6) is 0 Å². The predicted octanol–water partition coefficient (Wildman–Crippen LogP) is 0.839. The van der Waals surface area contributed by atoms with Crippen molar-refractivity contribution < 1.29 is 9.53 Å². The molecule has 0 saturated heterocycles. The SMILES string of the molecule is COCCNCCNC(=O)c1cnc(C)s1.Cl. The summed E-state index contributed by atoms with van der Waals surface area (Å²) in [4.78, 5) is 16.2. The highest BCUT2D eigenvalue weighted by molar-refractivity contribution is 7.13. The lowest BCUT2D eigenvalue weighted by molar-refractivity contribution is 0.0957. The van der Waals surface area contributed by atoms with E-state index in [0.717, 1.165) is 18.1 Å². The molecule has 1 amide bonds. The van der Waals surface area contributed by atoms with Crippen LogP contribution in [0.25, 0.3) is 0 Å². The molecule has 0 bridgehead atoms. The third-order valence-electron chi connectivity index (χ3n) is 1.92. The third kappa shape index (κ3) is 6.58. The predicted molar refractivity (Wildman–Crippen MR) is 71.2 cm³/mol. The second kappa shape index (κ2) is 9.35. The zero-order valence-electron chi connectivity index (χ0n) is 9.99. The Morgan fingerprint density at radius 1 is 1.47 bits per heavy atom. The Kier molecular flexibility index (Phi) is 8.97. The second-order valence-electron chi connectivity index (χ2n) is 3.24. The van der Waals surface area contributed by atoms with Gasteiger partial charge in [-0.25, -0.2) is 4.98 Å². The molecule has 0 spiro atoms. The number of aryl methyl sites for hydroxylation is 1. The number of rotatable bonds is 7. The maximum atomic E-state index is 11.6. The van der Waals surface area contributed by atoms with Crippen molar-refractivity contribution in [2.24, 2.45) is 0 Å². The molecule has 0 saturated carbocycles. The van der Waals surface area contributed by atoms with Crippen LogP contribution in [-0.4, -0.2) is 44.2 Å². The molecular weight excluding hydrogens is 262 g/mol. The van der Waals surface area contributed by atoms with E-state index in [0.29, 0.717) is 18.0 Å². The average Bonchev–Trinajstić information content (AvgIpc) is 2.70. The average molecular weight is 280 g/mol. The second-order valence-corrected chi connectivity index (χ2v) is 4.48. The first kappa shape index (κ1) is 16.3. The van der Waals surface area contributed by atoms with E-state index in [-0.39, 0.29) is 18.3 Å². The van der Waals surface area contributed by atoms with Gasteiger partial charge in [-0.05, 0) is 6.92 Å². The first-order valence-corrected chi connectivity index (χ1v) is 5.96. The molecule has 0 aliphatic rings. The standard InChI is InChI=1S/C10H17N3O2S.ClH/c1-8-13-7-9(16-8)10(14)12-4-3-11-5-6-15-2;/h7,11H,3-6H2,1-2H3,(H,12,14);1H. The van der Waals surface area contributed by atoms with Crippen molar-refractivity contribution in [3.8, 4) is 0 Å². The quantitative estimate of drug-likeness (QED) is 0.726. The monoisotopic (exact) mass is 279 g/mol. The van der Waals surface area contributed by atoms with Crippen LogP contribution in [0.4, 0.5) is 0 Å². The van der Waals surface area contributed by atoms with Crippen LogP contribution in [-0.2, 0) is 4.74 Å².